The van der Waals surface area contributed by atoms with Crippen LogP contribution in [0.25, 0.3) is 0 Å². The highest BCUT2D eigenvalue weighted by Gasteiger charge is 2.26. The molecule has 124 valence electrons. The van der Waals surface area contributed by atoms with Crippen LogP contribution in [0, 0.1) is 0 Å². The van der Waals surface area contributed by atoms with Crippen molar-refractivity contribution in [3.05, 3.63) is 28.8 Å². The Labute approximate surface area is 140 Å². The molecule has 0 atom stereocenters. The summed E-state index contributed by atoms with van der Waals surface area (Å²) in [7, 11) is 1.95. The van der Waals surface area contributed by atoms with Gasteiger partial charge in [-0.15, -0.1) is 0 Å². The molecule has 0 spiro atoms. The van der Waals surface area contributed by atoms with E-state index in [-0.39, 0.29) is 11.9 Å². The molecule has 1 aromatic rings. The predicted molar refractivity (Wildman–Crippen MR) is 90.2 cm³/mol. The quantitative estimate of drug-likeness (QED) is 0.883. The maximum atomic E-state index is 12.8. The summed E-state index contributed by atoms with van der Waals surface area (Å²) in [6.07, 6.45) is 1.88. The molecular formula is C16H21ClN4O2. The number of carbonyl (C=O) groups excluding carboxylic acids is 2. The molecule has 2 aliphatic rings. The van der Waals surface area contributed by atoms with Gasteiger partial charge >= 0.3 is 6.03 Å². The maximum Gasteiger partial charge on any atom is 0.321 e. The first kappa shape index (κ1) is 16.1. The molecule has 3 amide bonds. The van der Waals surface area contributed by atoms with Crippen molar-refractivity contribution in [3.63, 3.8) is 0 Å². The van der Waals surface area contributed by atoms with Gasteiger partial charge in [-0.2, -0.15) is 0 Å². The van der Waals surface area contributed by atoms with Gasteiger partial charge in [0.25, 0.3) is 5.91 Å². The lowest BCUT2D eigenvalue weighted by atomic mass is 10.0. The van der Waals surface area contributed by atoms with Crippen LogP contribution in [-0.2, 0) is 0 Å². The minimum atomic E-state index is -0.138. The molecule has 7 heteroatoms. The summed E-state index contributed by atoms with van der Waals surface area (Å²) >= 11 is 6.23. The summed E-state index contributed by atoms with van der Waals surface area (Å²) in [5.41, 5.74) is 1.17. The van der Waals surface area contributed by atoms with Gasteiger partial charge in [0.15, 0.2) is 0 Å². The molecule has 2 N–H and O–H groups in total. The van der Waals surface area contributed by atoms with E-state index in [9.17, 15) is 9.59 Å². The van der Waals surface area contributed by atoms with Crippen LogP contribution in [-0.4, -0.2) is 56.1 Å². The van der Waals surface area contributed by atoms with Crippen LogP contribution in [0.3, 0.4) is 0 Å². The standard InChI is InChI=1S/C16H21ClN4O2/c1-18-11-4-7-20(8-5-11)15(22)13-10-12(2-3-14(13)17)21-9-6-19-16(21)23/h2-3,10-11,18H,4-9H2,1H3,(H,19,23). The lowest BCUT2D eigenvalue weighted by Crippen LogP contribution is -2.44. The van der Waals surface area contributed by atoms with Gasteiger partial charge in [0, 0.05) is 37.9 Å². The van der Waals surface area contributed by atoms with E-state index in [1.165, 1.54) is 0 Å². The van der Waals surface area contributed by atoms with Gasteiger partial charge in [0.2, 0.25) is 0 Å². The zero-order chi connectivity index (χ0) is 16.4. The van der Waals surface area contributed by atoms with Crippen LogP contribution in [0.1, 0.15) is 23.2 Å². The minimum absolute atomic E-state index is 0.0639. The fraction of sp³-hybridized carbons (Fsp3) is 0.500. The third kappa shape index (κ3) is 3.28. The van der Waals surface area contributed by atoms with E-state index in [4.69, 9.17) is 11.6 Å². The number of nitrogens with one attached hydrogen (secondary N) is 2. The number of piperidine rings is 1. The van der Waals surface area contributed by atoms with Gasteiger partial charge in [-0.05, 0) is 38.1 Å². The Morgan fingerprint density at radius 2 is 2.04 bits per heavy atom. The third-order valence-corrected chi connectivity index (χ3v) is 4.87. The van der Waals surface area contributed by atoms with Gasteiger partial charge < -0.3 is 15.5 Å². The van der Waals surface area contributed by atoms with Crippen LogP contribution >= 0.6 is 11.6 Å². The number of rotatable bonds is 3. The Morgan fingerprint density at radius 1 is 1.30 bits per heavy atom. The van der Waals surface area contributed by atoms with Crippen molar-refractivity contribution in [2.75, 3.05) is 38.1 Å². The largest absolute Gasteiger partial charge is 0.338 e. The van der Waals surface area contributed by atoms with Crippen molar-refractivity contribution in [1.29, 1.82) is 0 Å². The molecule has 23 heavy (non-hydrogen) atoms. The number of likely N-dealkylation sites (tertiary alicyclic amines) is 1. The van der Waals surface area contributed by atoms with Gasteiger partial charge in [-0.3, -0.25) is 9.69 Å². The highest BCUT2D eigenvalue weighted by Crippen LogP contribution is 2.26. The number of halogens is 1. The molecule has 0 bridgehead atoms. The number of anilines is 1. The predicted octanol–water partition coefficient (Wildman–Crippen LogP) is 1.69. The van der Waals surface area contributed by atoms with Gasteiger partial charge in [0.1, 0.15) is 0 Å². The molecule has 6 nitrogen and oxygen atoms in total. The Balaban J connectivity index is 1.79. The molecule has 0 aliphatic carbocycles. The van der Waals surface area contributed by atoms with E-state index in [1.807, 2.05) is 11.9 Å². The first-order valence-electron chi connectivity index (χ1n) is 7.91. The number of carbonyl (C=O) groups is 2. The average molecular weight is 337 g/mol. The number of nitrogens with zero attached hydrogens (tertiary/aromatic N) is 2. The van der Waals surface area contributed by atoms with Crippen molar-refractivity contribution >= 4 is 29.2 Å². The lowest BCUT2D eigenvalue weighted by molar-refractivity contribution is 0.0707. The minimum Gasteiger partial charge on any atom is -0.338 e. The average Bonchev–Trinajstić information content (AvgIpc) is 3.01. The van der Waals surface area contributed by atoms with Crippen LogP contribution < -0.4 is 15.5 Å². The van der Waals surface area contributed by atoms with Crippen LogP contribution in [0.5, 0.6) is 0 Å². The second-order valence-corrected chi connectivity index (χ2v) is 6.31. The molecule has 2 heterocycles. The van der Waals surface area contributed by atoms with E-state index < -0.39 is 0 Å². The topological polar surface area (TPSA) is 64.7 Å². The summed E-state index contributed by atoms with van der Waals surface area (Å²) in [6, 6.07) is 5.52. The van der Waals surface area contributed by atoms with Gasteiger partial charge in [-0.1, -0.05) is 11.6 Å². The van der Waals surface area contributed by atoms with Crippen molar-refractivity contribution in [1.82, 2.24) is 15.5 Å². The van der Waals surface area contributed by atoms with Crippen LogP contribution in [0.15, 0.2) is 18.2 Å². The maximum absolute atomic E-state index is 12.8. The first-order chi connectivity index (χ1) is 11.1. The van der Waals surface area contributed by atoms with Crippen molar-refractivity contribution in [2.24, 2.45) is 0 Å². The number of amides is 3. The van der Waals surface area contributed by atoms with E-state index in [0.717, 1.165) is 25.9 Å². The zero-order valence-corrected chi connectivity index (χ0v) is 13.9. The number of hydrogen-bond acceptors (Lipinski definition) is 3. The van der Waals surface area contributed by atoms with E-state index >= 15 is 0 Å². The second-order valence-electron chi connectivity index (χ2n) is 5.90. The number of hydrogen-bond donors (Lipinski definition) is 2. The summed E-state index contributed by atoms with van der Waals surface area (Å²) in [4.78, 5) is 28.0. The monoisotopic (exact) mass is 336 g/mol. The Hall–Kier alpha value is -1.79. The fourth-order valence-corrected chi connectivity index (χ4v) is 3.30. The Morgan fingerprint density at radius 3 is 2.65 bits per heavy atom. The summed E-state index contributed by atoms with van der Waals surface area (Å²) in [6.45, 7) is 2.65. The molecule has 0 radical (unpaired) electrons. The normalized spacial score (nSPS) is 19.1. The molecule has 2 fully saturated rings. The van der Waals surface area contributed by atoms with Crippen molar-refractivity contribution in [2.45, 2.75) is 18.9 Å². The summed E-state index contributed by atoms with van der Waals surface area (Å²) in [5, 5.41) is 6.43. The first-order valence-corrected chi connectivity index (χ1v) is 8.29. The number of urea groups is 1. The number of benzene rings is 1. The molecule has 0 saturated carbocycles. The smallest absolute Gasteiger partial charge is 0.321 e. The molecule has 0 aromatic heterocycles. The van der Waals surface area contributed by atoms with E-state index in [0.29, 0.717) is 35.4 Å². The Kier molecular flexibility index (Phi) is 4.73. The molecule has 2 saturated heterocycles. The van der Waals surface area contributed by atoms with Gasteiger partial charge in [0.05, 0.1) is 10.6 Å². The second kappa shape index (κ2) is 6.76. The van der Waals surface area contributed by atoms with E-state index in [2.05, 4.69) is 10.6 Å². The summed E-state index contributed by atoms with van der Waals surface area (Å²) < 4.78 is 0. The molecule has 3 rings (SSSR count). The third-order valence-electron chi connectivity index (χ3n) is 4.54. The van der Waals surface area contributed by atoms with Crippen molar-refractivity contribution in [3.8, 4) is 0 Å². The lowest BCUT2D eigenvalue weighted by Gasteiger charge is -2.32. The van der Waals surface area contributed by atoms with Crippen molar-refractivity contribution < 1.29 is 9.59 Å². The van der Waals surface area contributed by atoms with E-state index in [1.54, 1.807) is 23.1 Å². The molecular weight excluding hydrogens is 316 g/mol. The summed E-state index contributed by atoms with van der Waals surface area (Å²) in [5.74, 6) is -0.0639. The fourth-order valence-electron chi connectivity index (χ4n) is 3.10. The van der Waals surface area contributed by atoms with Gasteiger partial charge in [-0.25, -0.2) is 4.79 Å². The van der Waals surface area contributed by atoms with Crippen LogP contribution in [0.4, 0.5) is 10.5 Å². The SMILES string of the molecule is CNC1CCN(C(=O)c2cc(N3CCNC3=O)ccc2Cl)CC1. The van der Waals surface area contributed by atoms with Crippen LogP contribution in [0.2, 0.25) is 5.02 Å². The highest BCUT2D eigenvalue weighted by atomic mass is 35.5. The zero-order valence-electron chi connectivity index (χ0n) is 13.1. The highest BCUT2D eigenvalue weighted by molar-refractivity contribution is 6.34. The molecule has 0 unspecified atom stereocenters. The molecule has 1 aromatic carbocycles. The molecule has 2 aliphatic heterocycles. The Bertz CT molecular complexity index is 614.